The molecule has 0 bridgehead atoms. The Morgan fingerprint density at radius 1 is 1.47 bits per heavy atom. The predicted octanol–water partition coefficient (Wildman–Crippen LogP) is 0.996. The Labute approximate surface area is 90.0 Å². The number of rotatable bonds is 3. The van der Waals surface area contributed by atoms with E-state index in [0.29, 0.717) is 6.04 Å². The van der Waals surface area contributed by atoms with Crippen molar-refractivity contribution >= 4 is 0 Å². The van der Waals surface area contributed by atoms with E-state index in [2.05, 4.69) is 14.9 Å². The number of β-amino-alcohol motifs (C(OH)–C–C–N with tert-alkyl or cyclic N) is 1. The SMILES string of the molecule is OCCN1CCCC[C@@H]1c1ccncn1. The Hall–Kier alpha value is -1.00. The van der Waals surface area contributed by atoms with Crippen LogP contribution in [0.5, 0.6) is 0 Å². The molecule has 1 fully saturated rings. The molecule has 0 amide bonds. The van der Waals surface area contributed by atoms with Gasteiger partial charge in [0.2, 0.25) is 0 Å². The van der Waals surface area contributed by atoms with Crippen molar-refractivity contribution in [3.63, 3.8) is 0 Å². The standard InChI is InChI=1S/C11H17N3O/c15-8-7-14-6-2-1-3-11(14)10-4-5-12-9-13-10/h4-5,9,11,15H,1-3,6-8H2/t11-/m1/s1. The lowest BCUT2D eigenvalue weighted by Crippen LogP contribution is -2.35. The molecular weight excluding hydrogens is 190 g/mol. The first-order valence-corrected chi connectivity index (χ1v) is 5.52. The maximum absolute atomic E-state index is 9.01. The van der Waals surface area contributed by atoms with Crippen LogP contribution in [0.25, 0.3) is 0 Å². The van der Waals surface area contributed by atoms with Crippen molar-refractivity contribution < 1.29 is 5.11 Å². The second-order valence-electron chi connectivity index (χ2n) is 3.91. The lowest BCUT2D eigenvalue weighted by Gasteiger charge is -2.34. The third-order valence-corrected chi connectivity index (χ3v) is 2.95. The topological polar surface area (TPSA) is 49.2 Å². The fourth-order valence-corrected chi connectivity index (χ4v) is 2.22. The molecule has 2 rings (SSSR count). The summed E-state index contributed by atoms with van der Waals surface area (Å²) in [6, 6.07) is 2.34. The number of aliphatic hydroxyl groups excluding tert-OH is 1. The Bertz CT molecular complexity index is 289. The molecule has 0 aromatic carbocycles. The Morgan fingerprint density at radius 2 is 2.40 bits per heavy atom. The lowest BCUT2D eigenvalue weighted by atomic mass is 9.99. The summed E-state index contributed by atoms with van der Waals surface area (Å²) in [5.74, 6) is 0. The van der Waals surface area contributed by atoms with Crippen LogP contribution in [-0.2, 0) is 0 Å². The van der Waals surface area contributed by atoms with Gasteiger partial charge < -0.3 is 5.11 Å². The minimum absolute atomic E-state index is 0.224. The summed E-state index contributed by atoms with van der Waals surface area (Å²) in [5.41, 5.74) is 1.08. The van der Waals surface area contributed by atoms with Crippen molar-refractivity contribution in [1.29, 1.82) is 0 Å². The van der Waals surface area contributed by atoms with Crippen LogP contribution >= 0.6 is 0 Å². The van der Waals surface area contributed by atoms with Crippen molar-refractivity contribution in [3.8, 4) is 0 Å². The van der Waals surface area contributed by atoms with Crippen LogP contribution in [0, 0.1) is 0 Å². The number of nitrogens with zero attached hydrogens (tertiary/aromatic N) is 3. The molecule has 0 radical (unpaired) electrons. The van der Waals surface area contributed by atoms with Gasteiger partial charge in [0.1, 0.15) is 6.33 Å². The van der Waals surface area contributed by atoms with Gasteiger partial charge in [-0.2, -0.15) is 0 Å². The van der Waals surface area contributed by atoms with E-state index in [0.717, 1.165) is 25.2 Å². The van der Waals surface area contributed by atoms with Gasteiger partial charge in [-0.05, 0) is 25.5 Å². The zero-order valence-electron chi connectivity index (χ0n) is 8.84. The van der Waals surface area contributed by atoms with Crippen LogP contribution < -0.4 is 0 Å². The summed E-state index contributed by atoms with van der Waals surface area (Å²) in [6.45, 7) is 2.03. The highest BCUT2D eigenvalue weighted by atomic mass is 16.3. The predicted molar refractivity (Wildman–Crippen MR) is 57.3 cm³/mol. The van der Waals surface area contributed by atoms with E-state index in [1.54, 1.807) is 12.5 Å². The molecule has 0 saturated carbocycles. The third kappa shape index (κ3) is 2.52. The van der Waals surface area contributed by atoms with Crippen molar-refractivity contribution in [2.75, 3.05) is 19.7 Å². The molecule has 1 saturated heterocycles. The fraction of sp³-hybridized carbons (Fsp3) is 0.636. The highest BCUT2D eigenvalue weighted by molar-refractivity contribution is 5.06. The average Bonchev–Trinajstić information content (AvgIpc) is 2.31. The minimum Gasteiger partial charge on any atom is -0.395 e. The van der Waals surface area contributed by atoms with E-state index < -0.39 is 0 Å². The van der Waals surface area contributed by atoms with Gasteiger partial charge in [0.25, 0.3) is 0 Å². The summed E-state index contributed by atoms with van der Waals surface area (Å²) in [6.07, 6.45) is 6.99. The third-order valence-electron chi connectivity index (χ3n) is 2.95. The number of hydrogen-bond acceptors (Lipinski definition) is 4. The fourth-order valence-electron chi connectivity index (χ4n) is 2.22. The highest BCUT2D eigenvalue weighted by Crippen LogP contribution is 2.28. The maximum Gasteiger partial charge on any atom is 0.115 e. The molecule has 4 heteroatoms. The molecule has 2 heterocycles. The molecule has 1 aromatic heterocycles. The van der Waals surface area contributed by atoms with Crippen molar-refractivity contribution in [2.24, 2.45) is 0 Å². The van der Waals surface area contributed by atoms with Gasteiger partial charge in [-0.25, -0.2) is 9.97 Å². The number of aliphatic hydroxyl groups is 1. The van der Waals surface area contributed by atoms with Crippen molar-refractivity contribution in [1.82, 2.24) is 14.9 Å². The highest BCUT2D eigenvalue weighted by Gasteiger charge is 2.23. The summed E-state index contributed by atoms with van der Waals surface area (Å²) in [4.78, 5) is 10.5. The van der Waals surface area contributed by atoms with E-state index >= 15 is 0 Å². The Balaban J connectivity index is 2.11. The van der Waals surface area contributed by atoms with Crippen LogP contribution in [-0.4, -0.2) is 39.7 Å². The molecule has 1 aliphatic heterocycles. The summed E-state index contributed by atoms with van der Waals surface area (Å²) in [7, 11) is 0. The zero-order chi connectivity index (χ0) is 10.5. The molecular formula is C11H17N3O. The number of hydrogen-bond donors (Lipinski definition) is 1. The van der Waals surface area contributed by atoms with E-state index in [9.17, 15) is 0 Å². The monoisotopic (exact) mass is 207 g/mol. The minimum atomic E-state index is 0.224. The summed E-state index contributed by atoms with van der Waals surface area (Å²) in [5, 5.41) is 9.01. The Morgan fingerprint density at radius 3 is 3.13 bits per heavy atom. The molecule has 82 valence electrons. The summed E-state index contributed by atoms with van der Waals surface area (Å²) < 4.78 is 0. The normalized spacial score (nSPS) is 22.9. The van der Waals surface area contributed by atoms with E-state index in [1.165, 1.54) is 12.8 Å². The maximum atomic E-state index is 9.01. The second kappa shape index (κ2) is 5.19. The molecule has 0 aliphatic carbocycles. The molecule has 1 atom stereocenters. The van der Waals surface area contributed by atoms with Gasteiger partial charge in [0.15, 0.2) is 0 Å². The Kier molecular flexibility index (Phi) is 3.64. The number of aromatic nitrogens is 2. The van der Waals surface area contributed by atoms with Crippen LogP contribution in [0.1, 0.15) is 31.0 Å². The second-order valence-corrected chi connectivity index (χ2v) is 3.91. The zero-order valence-corrected chi connectivity index (χ0v) is 8.84. The van der Waals surface area contributed by atoms with Crippen LogP contribution in [0.4, 0.5) is 0 Å². The first-order chi connectivity index (χ1) is 7.42. The van der Waals surface area contributed by atoms with Gasteiger partial charge in [-0.15, -0.1) is 0 Å². The molecule has 0 unspecified atom stereocenters. The van der Waals surface area contributed by atoms with E-state index in [4.69, 9.17) is 5.11 Å². The smallest absolute Gasteiger partial charge is 0.115 e. The van der Waals surface area contributed by atoms with Gasteiger partial charge in [0, 0.05) is 12.7 Å². The number of likely N-dealkylation sites (tertiary alicyclic amines) is 1. The van der Waals surface area contributed by atoms with Gasteiger partial charge in [-0.1, -0.05) is 6.42 Å². The van der Waals surface area contributed by atoms with Crippen molar-refractivity contribution in [2.45, 2.75) is 25.3 Å². The summed E-state index contributed by atoms with van der Waals surface area (Å²) >= 11 is 0. The largest absolute Gasteiger partial charge is 0.395 e. The van der Waals surface area contributed by atoms with Gasteiger partial charge in [0.05, 0.1) is 18.3 Å². The van der Waals surface area contributed by atoms with Crippen LogP contribution in [0.15, 0.2) is 18.6 Å². The quantitative estimate of drug-likeness (QED) is 0.803. The molecule has 4 nitrogen and oxygen atoms in total. The first-order valence-electron chi connectivity index (χ1n) is 5.52. The van der Waals surface area contributed by atoms with Crippen LogP contribution in [0.2, 0.25) is 0 Å². The van der Waals surface area contributed by atoms with E-state index in [-0.39, 0.29) is 6.61 Å². The average molecular weight is 207 g/mol. The molecule has 15 heavy (non-hydrogen) atoms. The van der Waals surface area contributed by atoms with Gasteiger partial charge >= 0.3 is 0 Å². The molecule has 1 aromatic rings. The van der Waals surface area contributed by atoms with E-state index in [1.807, 2.05) is 6.07 Å². The van der Waals surface area contributed by atoms with Crippen LogP contribution in [0.3, 0.4) is 0 Å². The molecule has 1 N–H and O–H groups in total. The number of piperidine rings is 1. The lowest BCUT2D eigenvalue weighted by molar-refractivity contribution is 0.114. The first kappa shape index (κ1) is 10.5. The van der Waals surface area contributed by atoms with Crippen molar-refractivity contribution in [3.05, 3.63) is 24.3 Å². The molecule has 0 spiro atoms. The molecule has 1 aliphatic rings. The van der Waals surface area contributed by atoms with Gasteiger partial charge in [-0.3, -0.25) is 4.90 Å².